The summed E-state index contributed by atoms with van der Waals surface area (Å²) < 4.78 is 6.62. The molecule has 2 rings (SSSR count). The first kappa shape index (κ1) is 14.0. The number of ether oxygens (including phenoxy) is 1. The highest BCUT2D eigenvalue weighted by atomic mass is 16.5. The van der Waals surface area contributed by atoms with Gasteiger partial charge in [0.05, 0.1) is 0 Å². The fraction of sp³-hybridized carbons (Fsp3) is 0.308. The molecule has 2 aromatic heterocycles. The molecule has 0 atom stereocenters. The van der Waals surface area contributed by atoms with E-state index in [1.807, 2.05) is 35.2 Å². The van der Waals surface area contributed by atoms with E-state index in [0.29, 0.717) is 18.9 Å². The van der Waals surface area contributed by atoms with E-state index >= 15 is 0 Å². The fourth-order valence-electron chi connectivity index (χ4n) is 1.65. The zero-order valence-corrected chi connectivity index (χ0v) is 11.2. The van der Waals surface area contributed by atoms with Crippen LogP contribution in [0.15, 0.2) is 36.9 Å². The summed E-state index contributed by atoms with van der Waals surface area (Å²) in [5.74, 6) is 1.37. The molecule has 0 aliphatic rings. The van der Waals surface area contributed by atoms with E-state index in [4.69, 9.17) is 4.74 Å². The highest BCUT2D eigenvalue weighted by molar-refractivity contribution is 5.77. The van der Waals surface area contributed by atoms with Gasteiger partial charge in [0.1, 0.15) is 24.6 Å². The number of amides is 1. The molecule has 1 amide bonds. The molecule has 0 saturated carbocycles. The van der Waals surface area contributed by atoms with E-state index in [1.54, 1.807) is 0 Å². The molecular formula is C13H17N5O2. The van der Waals surface area contributed by atoms with E-state index in [0.717, 1.165) is 5.82 Å². The maximum Gasteiger partial charge on any atom is 0.246 e. The third-order valence-corrected chi connectivity index (χ3v) is 2.55. The van der Waals surface area contributed by atoms with E-state index in [-0.39, 0.29) is 12.5 Å². The number of nitrogens with one attached hydrogen (secondary N) is 2. The summed E-state index contributed by atoms with van der Waals surface area (Å²) in [6, 6.07) is 5.71. The van der Waals surface area contributed by atoms with Crippen LogP contribution in [-0.4, -0.2) is 47.2 Å². The second kappa shape index (κ2) is 7.25. The van der Waals surface area contributed by atoms with Crippen LogP contribution in [0.1, 0.15) is 0 Å². The van der Waals surface area contributed by atoms with Gasteiger partial charge in [-0.15, -0.1) is 0 Å². The van der Waals surface area contributed by atoms with Gasteiger partial charge in [-0.3, -0.25) is 4.79 Å². The SMILES string of the molecule is COCC(=O)NCCNc1cc(-n2cccc2)ncn1. The minimum atomic E-state index is -0.134. The number of aromatic nitrogens is 3. The second-order valence-corrected chi connectivity index (χ2v) is 4.06. The molecule has 2 aromatic rings. The number of hydrogen-bond acceptors (Lipinski definition) is 5. The number of carbonyl (C=O) groups excluding carboxylic acids is 1. The molecule has 0 bridgehead atoms. The minimum Gasteiger partial charge on any atom is -0.375 e. The van der Waals surface area contributed by atoms with Crippen LogP contribution in [0.2, 0.25) is 0 Å². The summed E-state index contributed by atoms with van der Waals surface area (Å²) in [7, 11) is 1.49. The van der Waals surface area contributed by atoms with Crippen LogP contribution in [0.4, 0.5) is 5.82 Å². The molecule has 0 saturated heterocycles. The van der Waals surface area contributed by atoms with Crippen molar-refractivity contribution in [1.29, 1.82) is 0 Å². The quantitative estimate of drug-likeness (QED) is 0.717. The van der Waals surface area contributed by atoms with E-state index in [2.05, 4.69) is 20.6 Å². The van der Waals surface area contributed by atoms with Gasteiger partial charge in [-0.05, 0) is 12.1 Å². The molecule has 0 aliphatic carbocycles. The largest absolute Gasteiger partial charge is 0.375 e. The first-order chi connectivity index (χ1) is 9.79. The lowest BCUT2D eigenvalue weighted by atomic mass is 10.5. The van der Waals surface area contributed by atoms with Gasteiger partial charge in [0.25, 0.3) is 0 Å². The molecule has 0 aliphatic heterocycles. The summed E-state index contributed by atoms with van der Waals surface area (Å²) in [6.07, 6.45) is 5.33. The summed E-state index contributed by atoms with van der Waals surface area (Å²) in [6.45, 7) is 1.16. The molecule has 0 spiro atoms. The summed E-state index contributed by atoms with van der Waals surface area (Å²) >= 11 is 0. The number of hydrogen-bond donors (Lipinski definition) is 2. The monoisotopic (exact) mass is 275 g/mol. The Morgan fingerprint density at radius 3 is 2.85 bits per heavy atom. The zero-order valence-electron chi connectivity index (χ0n) is 11.2. The molecule has 2 N–H and O–H groups in total. The lowest BCUT2D eigenvalue weighted by Gasteiger charge is -2.08. The number of carbonyl (C=O) groups is 1. The first-order valence-corrected chi connectivity index (χ1v) is 6.24. The third kappa shape index (κ3) is 4.06. The average molecular weight is 275 g/mol. The number of rotatable bonds is 7. The highest BCUT2D eigenvalue weighted by Crippen LogP contribution is 2.08. The lowest BCUT2D eigenvalue weighted by Crippen LogP contribution is -2.31. The molecule has 7 nitrogen and oxygen atoms in total. The van der Waals surface area contributed by atoms with Crippen LogP contribution in [0, 0.1) is 0 Å². The summed E-state index contributed by atoms with van der Waals surface area (Å²) in [4.78, 5) is 19.5. The molecule has 0 radical (unpaired) electrons. The van der Waals surface area contributed by atoms with Crippen LogP contribution < -0.4 is 10.6 Å². The number of anilines is 1. The Morgan fingerprint density at radius 1 is 1.30 bits per heavy atom. The van der Waals surface area contributed by atoms with E-state index in [9.17, 15) is 4.79 Å². The third-order valence-electron chi connectivity index (χ3n) is 2.55. The lowest BCUT2D eigenvalue weighted by molar-refractivity contribution is -0.124. The first-order valence-electron chi connectivity index (χ1n) is 6.24. The summed E-state index contributed by atoms with van der Waals surface area (Å²) in [5.41, 5.74) is 0. The van der Waals surface area contributed by atoms with Crippen molar-refractivity contribution in [3.8, 4) is 5.82 Å². The number of methoxy groups -OCH3 is 1. The Morgan fingerprint density at radius 2 is 2.10 bits per heavy atom. The van der Waals surface area contributed by atoms with Crippen LogP contribution in [-0.2, 0) is 9.53 Å². The van der Waals surface area contributed by atoms with Crippen molar-refractivity contribution < 1.29 is 9.53 Å². The Labute approximate surface area is 117 Å². The summed E-state index contributed by atoms with van der Waals surface area (Å²) in [5, 5.41) is 5.85. The molecule has 2 heterocycles. The van der Waals surface area contributed by atoms with Crippen molar-refractivity contribution in [1.82, 2.24) is 19.9 Å². The molecular weight excluding hydrogens is 258 g/mol. The topological polar surface area (TPSA) is 81.1 Å². The van der Waals surface area contributed by atoms with Crippen molar-refractivity contribution in [3.63, 3.8) is 0 Å². The zero-order chi connectivity index (χ0) is 14.2. The standard InChI is InChI=1S/C13H17N5O2/c1-20-9-13(19)15-5-4-14-11-8-12(17-10-16-11)18-6-2-3-7-18/h2-3,6-8,10H,4-5,9H2,1H3,(H,15,19)(H,14,16,17). The van der Waals surface area contributed by atoms with Gasteiger partial charge < -0.3 is 19.9 Å². The van der Waals surface area contributed by atoms with Crippen LogP contribution in [0.5, 0.6) is 0 Å². The van der Waals surface area contributed by atoms with Crippen molar-refractivity contribution >= 4 is 11.7 Å². The van der Waals surface area contributed by atoms with Gasteiger partial charge in [0, 0.05) is 38.7 Å². The predicted molar refractivity (Wildman–Crippen MR) is 74.7 cm³/mol. The van der Waals surface area contributed by atoms with Gasteiger partial charge in [0.15, 0.2) is 0 Å². The molecule has 0 aromatic carbocycles. The van der Waals surface area contributed by atoms with Gasteiger partial charge in [-0.25, -0.2) is 9.97 Å². The second-order valence-electron chi connectivity index (χ2n) is 4.06. The van der Waals surface area contributed by atoms with Crippen molar-refractivity contribution in [3.05, 3.63) is 36.9 Å². The Hall–Kier alpha value is -2.41. The predicted octanol–water partition coefficient (Wildman–Crippen LogP) is 0.442. The molecule has 20 heavy (non-hydrogen) atoms. The number of nitrogens with zero attached hydrogens (tertiary/aromatic N) is 3. The van der Waals surface area contributed by atoms with E-state index in [1.165, 1.54) is 13.4 Å². The van der Waals surface area contributed by atoms with Crippen LogP contribution in [0.3, 0.4) is 0 Å². The molecule has 7 heteroatoms. The van der Waals surface area contributed by atoms with Gasteiger partial charge >= 0.3 is 0 Å². The maximum atomic E-state index is 11.2. The molecule has 106 valence electrons. The Kier molecular flexibility index (Phi) is 5.08. The van der Waals surface area contributed by atoms with Crippen LogP contribution in [0.25, 0.3) is 5.82 Å². The molecule has 0 fully saturated rings. The van der Waals surface area contributed by atoms with Crippen molar-refractivity contribution in [2.75, 3.05) is 32.1 Å². The van der Waals surface area contributed by atoms with Gasteiger partial charge in [0.2, 0.25) is 5.91 Å². The maximum absolute atomic E-state index is 11.2. The molecule has 0 unspecified atom stereocenters. The van der Waals surface area contributed by atoms with Crippen molar-refractivity contribution in [2.45, 2.75) is 0 Å². The van der Waals surface area contributed by atoms with E-state index < -0.39 is 0 Å². The van der Waals surface area contributed by atoms with Gasteiger partial charge in [-0.2, -0.15) is 0 Å². The Balaban J connectivity index is 1.82. The fourth-order valence-corrected chi connectivity index (χ4v) is 1.65. The van der Waals surface area contributed by atoms with Crippen LogP contribution >= 0.6 is 0 Å². The Bertz CT molecular complexity index is 541. The van der Waals surface area contributed by atoms with Crippen molar-refractivity contribution in [2.24, 2.45) is 0 Å². The highest BCUT2D eigenvalue weighted by Gasteiger charge is 2.01. The minimum absolute atomic E-state index is 0.0747. The normalized spacial score (nSPS) is 10.2. The average Bonchev–Trinajstić information content (AvgIpc) is 2.98. The van der Waals surface area contributed by atoms with Gasteiger partial charge in [-0.1, -0.05) is 0 Å². The smallest absolute Gasteiger partial charge is 0.246 e.